The molecule has 0 aliphatic carbocycles. The van der Waals surface area contributed by atoms with Gasteiger partial charge in [-0.05, 0) is 43.2 Å². The van der Waals surface area contributed by atoms with Gasteiger partial charge in [0, 0.05) is 5.69 Å². The maximum atomic E-state index is 11.6. The fraction of sp³-hybridized carbons (Fsp3) is 0.158. The van der Waals surface area contributed by atoms with Crippen LogP contribution in [0.3, 0.4) is 0 Å². The lowest BCUT2D eigenvalue weighted by Crippen LogP contribution is -2.03. The topological polar surface area (TPSA) is 90.2 Å². The van der Waals surface area contributed by atoms with Crippen molar-refractivity contribution in [3.8, 4) is 11.6 Å². The van der Waals surface area contributed by atoms with Crippen LogP contribution in [-0.4, -0.2) is 14.9 Å². The number of rotatable bonds is 6. The van der Waals surface area contributed by atoms with Gasteiger partial charge in [-0.25, -0.2) is 4.98 Å². The van der Waals surface area contributed by atoms with Crippen LogP contribution in [0.25, 0.3) is 0 Å². The van der Waals surface area contributed by atoms with Crippen molar-refractivity contribution < 1.29 is 9.66 Å². The summed E-state index contributed by atoms with van der Waals surface area (Å²) in [5, 5.41) is 14.5. The molecule has 0 unspecified atom stereocenters. The zero-order chi connectivity index (χ0) is 18.5. The third-order valence-electron chi connectivity index (χ3n) is 3.83. The SMILES string of the molecule is CCc1ccc(Oc2ncnc(Nc3ccc(C)cc3)c2[N+](=O)[O-])cc1. The first-order valence-corrected chi connectivity index (χ1v) is 8.16. The molecule has 0 saturated heterocycles. The van der Waals surface area contributed by atoms with Crippen LogP contribution in [0, 0.1) is 17.0 Å². The molecule has 0 aliphatic rings. The lowest BCUT2D eigenvalue weighted by molar-refractivity contribution is -0.385. The Morgan fingerprint density at radius 2 is 1.77 bits per heavy atom. The zero-order valence-corrected chi connectivity index (χ0v) is 14.5. The molecule has 3 aromatic rings. The summed E-state index contributed by atoms with van der Waals surface area (Å²) in [6.45, 7) is 4.01. The van der Waals surface area contributed by atoms with E-state index in [0.29, 0.717) is 11.4 Å². The van der Waals surface area contributed by atoms with E-state index in [4.69, 9.17) is 4.74 Å². The minimum absolute atomic E-state index is 0.0778. The summed E-state index contributed by atoms with van der Waals surface area (Å²) >= 11 is 0. The molecule has 2 aromatic carbocycles. The molecule has 26 heavy (non-hydrogen) atoms. The summed E-state index contributed by atoms with van der Waals surface area (Å²) < 4.78 is 5.64. The maximum absolute atomic E-state index is 11.6. The van der Waals surface area contributed by atoms with Crippen LogP contribution in [0.1, 0.15) is 18.1 Å². The second-order valence-electron chi connectivity index (χ2n) is 5.72. The Balaban J connectivity index is 1.92. The van der Waals surface area contributed by atoms with Gasteiger partial charge in [-0.3, -0.25) is 10.1 Å². The maximum Gasteiger partial charge on any atom is 0.373 e. The number of ether oxygens (including phenoxy) is 1. The summed E-state index contributed by atoms with van der Waals surface area (Å²) in [7, 11) is 0. The first kappa shape index (κ1) is 17.3. The third kappa shape index (κ3) is 3.94. The zero-order valence-electron chi connectivity index (χ0n) is 14.5. The molecule has 0 radical (unpaired) electrons. The number of anilines is 2. The Hall–Kier alpha value is -3.48. The van der Waals surface area contributed by atoms with E-state index in [2.05, 4.69) is 15.3 Å². The van der Waals surface area contributed by atoms with Crippen LogP contribution < -0.4 is 10.1 Å². The summed E-state index contributed by atoms with van der Waals surface area (Å²) in [6, 6.07) is 14.8. The van der Waals surface area contributed by atoms with Crippen molar-refractivity contribution in [2.45, 2.75) is 20.3 Å². The van der Waals surface area contributed by atoms with Crippen molar-refractivity contribution in [1.82, 2.24) is 9.97 Å². The lowest BCUT2D eigenvalue weighted by atomic mass is 10.2. The van der Waals surface area contributed by atoms with E-state index in [9.17, 15) is 10.1 Å². The van der Waals surface area contributed by atoms with Gasteiger partial charge in [0.25, 0.3) is 0 Å². The molecule has 0 amide bonds. The number of nitrogens with zero attached hydrogens (tertiary/aromatic N) is 3. The van der Waals surface area contributed by atoms with Crippen LogP contribution in [0.4, 0.5) is 17.2 Å². The standard InChI is InChI=1S/C19H18N4O3/c1-3-14-6-10-16(11-7-14)26-19-17(23(24)25)18(20-12-21-19)22-15-8-4-13(2)5-9-15/h4-12H,3H2,1-2H3,(H,20,21,22). The quantitative estimate of drug-likeness (QED) is 0.508. The smallest absolute Gasteiger partial charge is 0.373 e. The molecule has 0 fully saturated rings. The number of nitrogens with one attached hydrogen (secondary N) is 1. The van der Waals surface area contributed by atoms with E-state index in [-0.39, 0.29) is 17.4 Å². The highest BCUT2D eigenvalue weighted by Crippen LogP contribution is 2.35. The predicted octanol–water partition coefficient (Wildman–Crippen LogP) is 4.79. The van der Waals surface area contributed by atoms with Gasteiger partial charge >= 0.3 is 11.6 Å². The molecule has 0 spiro atoms. The van der Waals surface area contributed by atoms with E-state index < -0.39 is 4.92 Å². The van der Waals surface area contributed by atoms with Gasteiger partial charge in [0.2, 0.25) is 5.82 Å². The van der Waals surface area contributed by atoms with Crippen molar-refractivity contribution in [1.29, 1.82) is 0 Å². The van der Waals surface area contributed by atoms with E-state index in [0.717, 1.165) is 17.5 Å². The van der Waals surface area contributed by atoms with Crippen LogP contribution >= 0.6 is 0 Å². The predicted molar refractivity (Wildman–Crippen MR) is 99.0 cm³/mol. The fourth-order valence-corrected chi connectivity index (χ4v) is 2.37. The van der Waals surface area contributed by atoms with E-state index in [1.54, 1.807) is 12.1 Å². The summed E-state index contributed by atoms with van der Waals surface area (Å²) in [6.07, 6.45) is 2.14. The highest BCUT2D eigenvalue weighted by atomic mass is 16.6. The number of hydrogen-bond acceptors (Lipinski definition) is 6. The minimum Gasteiger partial charge on any atom is -0.434 e. The average molecular weight is 350 g/mol. The fourth-order valence-electron chi connectivity index (χ4n) is 2.37. The molecule has 1 heterocycles. The Kier molecular flexibility index (Phi) is 5.07. The monoisotopic (exact) mass is 350 g/mol. The molecule has 7 nitrogen and oxygen atoms in total. The lowest BCUT2D eigenvalue weighted by Gasteiger charge is -2.10. The first-order valence-electron chi connectivity index (χ1n) is 8.16. The Bertz CT molecular complexity index is 909. The number of nitro groups is 1. The molecule has 7 heteroatoms. The van der Waals surface area contributed by atoms with Gasteiger partial charge in [0.05, 0.1) is 4.92 Å². The van der Waals surface area contributed by atoms with E-state index in [1.165, 1.54) is 6.33 Å². The van der Waals surface area contributed by atoms with Crippen molar-refractivity contribution in [3.05, 3.63) is 76.1 Å². The number of aromatic nitrogens is 2. The van der Waals surface area contributed by atoms with Gasteiger partial charge in [-0.2, -0.15) is 4.98 Å². The van der Waals surface area contributed by atoms with E-state index >= 15 is 0 Å². The second-order valence-corrected chi connectivity index (χ2v) is 5.72. The molecule has 1 aromatic heterocycles. The van der Waals surface area contributed by atoms with Gasteiger partial charge in [0.15, 0.2) is 0 Å². The normalized spacial score (nSPS) is 10.4. The largest absolute Gasteiger partial charge is 0.434 e. The highest BCUT2D eigenvalue weighted by Gasteiger charge is 2.25. The average Bonchev–Trinajstić information content (AvgIpc) is 2.64. The van der Waals surface area contributed by atoms with Crippen molar-refractivity contribution in [2.75, 3.05) is 5.32 Å². The summed E-state index contributed by atoms with van der Waals surface area (Å²) in [4.78, 5) is 19.0. The molecule has 0 saturated carbocycles. The van der Waals surface area contributed by atoms with Crippen molar-refractivity contribution in [2.24, 2.45) is 0 Å². The van der Waals surface area contributed by atoms with Crippen LogP contribution in [0.2, 0.25) is 0 Å². The molecular weight excluding hydrogens is 332 g/mol. The summed E-state index contributed by atoms with van der Waals surface area (Å²) in [5.74, 6) is 0.447. The Labute approximate surface area is 150 Å². The van der Waals surface area contributed by atoms with E-state index in [1.807, 2.05) is 50.2 Å². The Morgan fingerprint density at radius 3 is 2.38 bits per heavy atom. The third-order valence-corrected chi connectivity index (χ3v) is 3.83. The van der Waals surface area contributed by atoms with Gasteiger partial charge in [0.1, 0.15) is 12.1 Å². The van der Waals surface area contributed by atoms with Crippen molar-refractivity contribution >= 4 is 17.2 Å². The molecule has 0 bridgehead atoms. The highest BCUT2D eigenvalue weighted by molar-refractivity contribution is 5.68. The van der Waals surface area contributed by atoms with Gasteiger partial charge < -0.3 is 10.1 Å². The first-order chi connectivity index (χ1) is 12.6. The van der Waals surface area contributed by atoms with Gasteiger partial charge in [-0.1, -0.05) is 36.8 Å². The second kappa shape index (κ2) is 7.60. The molecule has 0 atom stereocenters. The summed E-state index contributed by atoms with van der Waals surface area (Å²) in [5.41, 5.74) is 2.62. The number of hydrogen-bond donors (Lipinski definition) is 1. The molecule has 3 rings (SSSR count). The van der Waals surface area contributed by atoms with Crippen molar-refractivity contribution in [3.63, 3.8) is 0 Å². The van der Waals surface area contributed by atoms with Crippen LogP contribution in [-0.2, 0) is 6.42 Å². The van der Waals surface area contributed by atoms with Gasteiger partial charge in [-0.15, -0.1) is 0 Å². The molecule has 1 N–H and O–H groups in total. The molecule has 132 valence electrons. The Morgan fingerprint density at radius 1 is 1.08 bits per heavy atom. The molecule has 0 aliphatic heterocycles. The van der Waals surface area contributed by atoms with Crippen LogP contribution in [0.5, 0.6) is 11.6 Å². The molecular formula is C19H18N4O3. The number of aryl methyl sites for hydroxylation is 2. The number of benzene rings is 2. The minimum atomic E-state index is -0.549. The van der Waals surface area contributed by atoms with Crippen LogP contribution in [0.15, 0.2) is 54.9 Å².